The maximum Gasteiger partial charge on any atom is 0.304 e. The van der Waals surface area contributed by atoms with Gasteiger partial charge in [-0.05, 0) is 28.5 Å². The van der Waals surface area contributed by atoms with E-state index in [1.54, 1.807) is 0 Å². The molecule has 0 aromatic heterocycles. The maximum atomic E-state index is 14.3. The van der Waals surface area contributed by atoms with E-state index in [4.69, 9.17) is 0 Å². The highest BCUT2D eigenvalue weighted by molar-refractivity contribution is 7.90. The van der Waals surface area contributed by atoms with Gasteiger partial charge in [-0.2, -0.15) is 12.7 Å². The second kappa shape index (κ2) is 8.59. The third kappa shape index (κ3) is 4.55. The summed E-state index contributed by atoms with van der Waals surface area (Å²) < 4.78 is 41.3. The van der Waals surface area contributed by atoms with E-state index in [2.05, 4.69) is 5.32 Å². The van der Waals surface area contributed by atoms with Crippen molar-refractivity contribution in [3.8, 4) is 0 Å². The van der Waals surface area contributed by atoms with Gasteiger partial charge < -0.3 is 5.32 Å². The fraction of sp³-hybridized carbons (Fsp3) is 0.190. The number of nitrogens with one attached hydrogen (secondary N) is 1. The van der Waals surface area contributed by atoms with Gasteiger partial charge in [0, 0.05) is 20.6 Å². The van der Waals surface area contributed by atoms with Crippen molar-refractivity contribution < 1.29 is 17.6 Å². The summed E-state index contributed by atoms with van der Waals surface area (Å²) in [6.07, 6.45) is 0. The average Bonchev–Trinajstić information content (AvgIpc) is 2.71. The lowest BCUT2D eigenvalue weighted by Crippen LogP contribution is -2.46. The predicted molar refractivity (Wildman–Crippen MR) is 112 cm³/mol. The van der Waals surface area contributed by atoms with E-state index in [9.17, 15) is 17.6 Å². The molecular weight excluding hydrogens is 393 g/mol. The van der Waals surface area contributed by atoms with Crippen LogP contribution in [-0.2, 0) is 21.5 Å². The van der Waals surface area contributed by atoms with E-state index >= 15 is 0 Å². The molecule has 3 rings (SSSR count). The Hall–Kier alpha value is -2.97. The molecule has 0 spiro atoms. The number of benzene rings is 3. The summed E-state index contributed by atoms with van der Waals surface area (Å²) in [5, 5.41) is 4.78. The van der Waals surface area contributed by atoms with Crippen molar-refractivity contribution in [1.29, 1.82) is 0 Å². The van der Waals surface area contributed by atoms with Gasteiger partial charge in [-0.25, -0.2) is 8.70 Å². The summed E-state index contributed by atoms with van der Waals surface area (Å²) in [6.45, 7) is -0.306. The Labute approximate surface area is 169 Å². The van der Waals surface area contributed by atoms with Crippen LogP contribution in [0.25, 0.3) is 10.8 Å². The number of para-hydroxylation sites is 1. The molecular formula is C21H22FN3O3S. The van der Waals surface area contributed by atoms with Crippen LogP contribution in [0.2, 0.25) is 0 Å². The van der Waals surface area contributed by atoms with Crippen molar-refractivity contribution >= 4 is 32.6 Å². The Morgan fingerprint density at radius 2 is 1.62 bits per heavy atom. The number of nitrogens with zero attached hydrogens (tertiary/aromatic N) is 2. The second-order valence-electron chi connectivity index (χ2n) is 6.66. The molecule has 6 nitrogen and oxygen atoms in total. The SMILES string of the molecule is CN(C)S(=O)(=O)N(CC(=O)NCc1cccc2ccccc12)c1ccccc1F. The summed E-state index contributed by atoms with van der Waals surface area (Å²) in [6, 6.07) is 19.0. The van der Waals surface area contributed by atoms with Crippen molar-refractivity contribution in [1.82, 2.24) is 9.62 Å². The Morgan fingerprint density at radius 3 is 2.34 bits per heavy atom. The molecule has 0 aliphatic carbocycles. The normalized spacial score (nSPS) is 11.6. The first kappa shape index (κ1) is 20.8. The van der Waals surface area contributed by atoms with Crippen molar-refractivity contribution in [2.24, 2.45) is 0 Å². The number of rotatable bonds is 7. The lowest BCUT2D eigenvalue weighted by Gasteiger charge is -2.27. The van der Waals surface area contributed by atoms with E-state index in [1.165, 1.54) is 32.3 Å². The topological polar surface area (TPSA) is 69.7 Å². The van der Waals surface area contributed by atoms with Gasteiger partial charge in [0.05, 0.1) is 5.69 Å². The zero-order chi connectivity index (χ0) is 21.0. The van der Waals surface area contributed by atoms with Crippen LogP contribution in [0.15, 0.2) is 66.7 Å². The minimum absolute atomic E-state index is 0.179. The van der Waals surface area contributed by atoms with Gasteiger partial charge in [0.1, 0.15) is 12.4 Å². The third-order valence-electron chi connectivity index (χ3n) is 4.50. The van der Waals surface area contributed by atoms with Crippen molar-refractivity contribution in [3.05, 3.63) is 78.1 Å². The molecule has 3 aromatic carbocycles. The number of hydrogen-bond donors (Lipinski definition) is 1. The van der Waals surface area contributed by atoms with Gasteiger partial charge in [-0.3, -0.25) is 4.79 Å². The fourth-order valence-corrected chi connectivity index (χ4v) is 4.04. The summed E-state index contributed by atoms with van der Waals surface area (Å²) in [5.74, 6) is -1.26. The van der Waals surface area contributed by atoms with Gasteiger partial charge in [0.15, 0.2) is 0 Å². The molecule has 29 heavy (non-hydrogen) atoms. The summed E-state index contributed by atoms with van der Waals surface area (Å²) >= 11 is 0. The van der Waals surface area contributed by atoms with Crippen molar-refractivity contribution in [2.45, 2.75) is 6.54 Å². The minimum atomic E-state index is -4.06. The first-order valence-corrected chi connectivity index (χ1v) is 10.4. The van der Waals surface area contributed by atoms with Crippen LogP contribution in [0.1, 0.15) is 5.56 Å². The molecule has 0 atom stereocenters. The molecule has 152 valence electrons. The molecule has 0 aliphatic heterocycles. The Kier molecular flexibility index (Phi) is 6.14. The minimum Gasteiger partial charge on any atom is -0.350 e. The number of fused-ring (bicyclic) bond motifs is 1. The molecule has 0 unspecified atom stereocenters. The number of hydrogen-bond acceptors (Lipinski definition) is 3. The van der Waals surface area contributed by atoms with Crippen LogP contribution in [0.4, 0.5) is 10.1 Å². The van der Waals surface area contributed by atoms with E-state index in [-0.39, 0.29) is 12.2 Å². The van der Waals surface area contributed by atoms with Crippen LogP contribution in [0, 0.1) is 5.82 Å². The van der Waals surface area contributed by atoms with Gasteiger partial charge in [-0.1, -0.05) is 54.6 Å². The van der Waals surface area contributed by atoms with Gasteiger partial charge >= 0.3 is 10.2 Å². The van der Waals surface area contributed by atoms with Gasteiger partial charge in [0.2, 0.25) is 5.91 Å². The largest absolute Gasteiger partial charge is 0.350 e. The van der Waals surface area contributed by atoms with Crippen molar-refractivity contribution in [3.63, 3.8) is 0 Å². The molecule has 3 aromatic rings. The first-order chi connectivity index (χ1) is 13.8. The lowest BCUT2D eigenvalue weighted by atomic mass is 10.0. The monoisotopic (exact) mass is 415 g/mol. The second-order valence-corrected chi connectivity index (χ2v) is 8.73. The van der Waals surface area contributed by atoms with E-state index in [1.807, 2.05) is 42.5 Å². The molecule has 0 radical (unpaired) electrons. The van der Waals surface area contributed by atoms with Gasteiger partial charge in [0.25, 0.3) is 0 Å². The molecule has 0 bridgehead atoms. The zero-order valence-corrected chi connectivity index (χ0v) is 17.0. The number of carbonyl (C=O) groups excluding carboxylic acids is 1. The van der Waals surface area contributed by atoms with E-state index in [0.717, 1.165) is 31.0 Å². The smallest absolute Gasteiger partial charge is 0.304 e. The van der Waals surface area contributed by atoms with E-state index < -0.39 is 28.5 Å². The quantitative estimate of drug-likeness (QED) is 0.645. The summed E-state index contributed by atoms with van der Waals surface area (Å²) in [7, 11) is -1.40. The number of amides is 1. The molecule has 0 heterocycles. The van der Waals surface area contributed by atoms with Crippen LogP contribution in [0.3, 0.4) is 0 Å². The molecule has 1 N–H and O–H groups in total. The molecule has 0 saturated heterocycles. The number of carbonyl (C=O) groups is 1. The van der Waals surface area contributed by atoms with Crippen LogP contribution >= 0.6 is 0 Å². The summed E-state index contributed by atoms with van der Waals surface area (Å²) in [5.41, 5.74) is 0.728. The maximum absolute atomic E-state index is 14.3. The molecule has 8 heteroatoms. The van der Waals surface area contributed by atoms with Crippen LogP contribution < -0.4 is 9.62 Å². The van der Waals surface area contributed by atoms with E-state index in [0.29, 0.717) is 0 Å². The number of halogens is 1. The zero-order valence-electron chi connectivity index (χ0n) is 16.2. The van der Waals surface area contributed by atoms with Crippen molar-refractivity contribution in [2.75, 3.05) is 24.9 Å². The van der Waals surface area contributed by atoms with Gasteiger partial charge in [-0.15, -0.1) is 0 Å². The van der Waals surface area contributed by atoms with Crippen LogP contribution in [-0.4, -0.2) is 39.3 Å². The molecule has 1 amide bonds. The lowest BCUT2D eigenvalue weighted by molar-refractivity contribution is -0.119. The highest BCUT2D eigenvalue weighted by Crippen LogP contribution is 2.23. The highest BCUT2D eigenvalue weighted by Gasteiger charge is 2.29. The predicted octanol–water partition coefficient (Wildman–Crippen LogP) is 2.91. The fourth-order valence-electron chi connectivity index (χ4n) is 2.97. The Bertz CT molecular complexity index is 1130. The summed E-state index contributed by atoms with van der Waals surface area (Å²) in [4.78, 5) is 12.6. The van der Waals surface area contributed by atoms with Crippen LogP contribution in [0.5, 0.6) is 0 Å². The molecule has 0 aliphatic rings. The first-order valence-electron chi connectivity index (χ1n) is 8.99. The molecule has 0 fully saturated rings. The average molecular weight is 415 g/mol. The standard InChI is InChI=1S/C21H22FN3O3S/c1-24(2)29(27,28)25(20-13-6-5-12-19(20)22)15-21(26)23-14-17-10-7-9-16-8-3-4-11-18(16)17/h3-13H,14-15H2,1-2H3,(H,23,26). The molecule has 0 saturated carbocycles. The third-order valence-corrected chi connectivity index (χ3v) is 6.31. The Balaban J connectivity index is 1.81. The Morgan fingerprint density at radius 1 is 0.966 bits per heavy atom. The number of anilines is 1. The highest BCUT2D eigenvalue weighted by atomic mass is 32.2.